The molecule has 4 aromatic rings. The summed E-state index contributed by atoms with van der Waals surface area (Å²) in [6, 6.07) is 15.4. The Kier molecular flexibility index (Phi) is 4.45. The van der Waals surface area contributed by atoms with Gasteiger partial charge in [0.2, 0.25) is 0 Å². The summed E-state index contributed by atoms with van der Waals surface area (Å²) < 4.78 is 0. The lowest BCUT2D eigenvalue weighted by molar-refractivity contribution is 0.412. The molecule has 2 aromatic carbocycles. The van der Waals surface area contributed by atoms with Gasteiger partial charge in [-0.05, 0) is 62.4 Å². The summed E-state index contributed by atoms with van der Waals surface area (Å²) in [7, 11) is 0. The van der Waals surface area contributed by atoms with Crippen LogP contribution in [0.25, 0.3) is 32.9 Å². The summed E-state index contributed by atoms with van der Waals surface area (Å²) in [5, 5.41) is 3.60. The molecule has 0 aliphatic rings. The van der Waals surface area contributed by atoms with Gasteiger partial charge in [-0.1, -0.05) is 50.1 Å². The van der Waals surface area contributed by atoms with Crippen LogP contribution in [0.5, 0.6) is 0 Å². The van der Waals surface area contributed by atoms with Gasteiger partial charge in [0.25, 0.3) is 0 Å². The Balaban J connectivity index is 2.01. The SMILES string of the molecule is Cc1cc(C)cc(-c2nccc3c2ccc2c(CC(C)(C)C)cc(C)nc23)c1. The van der Waals surface area contributed by atoms with E-state index in [2.05, 4.69) is 84.0 Å². The Bertz CT molecular complexity index is 1180. The largest absolute Gasteiger partial charge is 0.256 e. The average Bonchev–Trinajstić information content (AvgIpc) is 2.58. The van der Waals surface area contributed by atoms with Gasteiger partial charge in [0, 0.05) is 33.6 Å². The van der Waals surface area contributed by atoms with E-state index in [1.54, 1.807) is 0 Å². The first-order chi connectivity index (χ1) is 13.2. The molecule has 0 atom stereocenters. The third-order valence-corrected chi connectivity index (χ3v) is 5.15. The fraction of sp³-hybridized carbons (Fsp3) is 0.308. The number of hydrogen-bond acceptors (Lipinski definition) is 2. The zero-order valence-electron chi connectivity index (χ0n) is 17.7. The number of aryl methyl sites for hydroxylation is 3. The molecule has 0 radical (unpaired) electrons. The highest BCUT2D eigenvalue weighted by molar-refractivity contribution is 6.10. The van der Waals surface area contributed by atoms with E-state index >= 15 is 0 Å². The van der Waals surface area contributed by atoms with Gasteiger partial charge < -0.3 is 0 Å². The highest BCUT2D eigenvalue weighted by Gasteiger charge is 2.16. The number of nitrogens with zero attached hydrogens (tertiary/aromatic N) is 2. The maximum atomic E-state index is 4.94. The van der Waals surface area contributed by atoms with E-state index in [0.29, 0.717) is 0 Å². The van der Waals surface area contributed by atoms with Crippen molar-refractivity contribution in [2.24, 2.45) is 5.41 Å². The summed E-state index contributed by atoms with van der Waals surface area (Å²) in [5.74, 6) is 0. The van der Waals surface area contributed by atoms with Crippen molar-refractivity contribution in [1.29, 1.82) is 0 Å². The second kappa shape index (κ2) is 6.70. The quantitative estimate of drug-likeness (QED) is 0.357. The Morgan fingerprint density at radius 2 is 1.46 bits per heavy atom. The second-order valence-electron chi connectivity index (χ2n) is 9.25. The van der Waals surface area contributed by atoms with Crippen LogP contribution in [-0.2, 0) is 6.42 Å². The highest BCUT2D eigenvalue weighted by atomic mass is 14.7. The zero-order valence-corrected chi connectivity index (χ0v) is 17.7. The molecule has 0 aliphatic heterocycles. The average molecular weight is 369 g/mol. The van der Waals surface area contributed by atoms with Gasteiger partial charge in [-0.2, -0.15) is 0 Å². The maximum absolute atomic E-state index is 4.94. The number of rotatable bonds is 2. The number of aromatic nitrogens is 2. The molecule has 0 N–H and O–H groups in total. The molecule has 142 valence electrons. The van der Waals surface area contributed by atoms with Gasteiger partial charge in [0.05, 0.1) is 11.2 Å². The molecule has 2 aromatic heterocycles. The summed E-state index contributed by atoms with van der Waals surface area (Å²) in [6.45, 7) is 13.2. The molecule has 0 fully saturated rings. The van der Waals surface area contributed by atoms with Crippen LogP contribution in [0.3, 0.4) is 0 Å². The molecule has 0 amide bonds. The molecule has 4 rings (SSSR count). The molecular weight excluding hydrogens is 340 g/mol. The molecule has 2 heteroatoms. The van der Waals surface area contributed by atoms with Crippen molar-refractivity contribution in [2.75, 3.05) is 0 Å². The van der Waals surface area contributed by atoms with Crippen molar-refractivity contribution >= 4 is 21.7 Å². The lowest BCUT2D eigenvalue weighted by Gasteiger charge is -2.20. The van der Waals surface area contributed by atoms with E-state index in [-0.39, 0.29) is 5.41 Å². The monoisotopic (exact) mass is 368 g/mol. The van der Waals surface area contributed by atoms with Gasteiger partial charge in [-0.3, -0.25) is 9.97 Å². The summed E-state index contributed by atoms with van der Waals surface area (Å²) in [5.41, 5.74) is 8.50. The second-order valence-corrected chi connectivity index (χ2v) is 9.25. The zero-order chi connectivity index (χ0) is 20.1. The summed E-state index contributed by atoms with van der Waals surface area (Å²) in [6.07, 6.45) is 2.95. The van der Waals surface area contributed by atoms with E-state index in [1.165, 1.54) is 38.4 Å². The van der Waals surface area contributed by atoms with Crippen LogP contribution in [0.1, 0.15) is 43.2 Å². The minimum Gasteiger partial charge on any atom is -0.256 e. The lowest BCUT2D eigenvalue weighted by Crippen LogP contribution is -2.10. The summed E-state index contributed by atoms with van der Waals surface area (Å²) >= 11 is 0. The minimum absolute atomic E-state index is 0.234. The third-order valence-electron chi connectivity index (χ3n) is 5.15. The van der Waals surface area contributed by atoms with Crippen LogP contribution in [0.2, 0.25) is 0 Å². The van der Waals surface area contributed by atoms with E-state index in [1.807, 2.05) is 6.20 Å². The smallest absolute Gasteiger partial charge is 0.0787 e. The predicted octanol–water partition coefficient (Wildman–Crippen LogP) is 6.96. The van der Waals surface area contributed by atoms with Crippen LogP contribution < -0.4 is 0 Å². The summed E-state index contributed by atoms with van der Waals surface area (Å²) in [4.78, 5) is 9.68. The molecule has 0 spiro atoms. The minimum atomic E-state index is 0.234. The third kappa shape index (κ3) is 3.52. The van der Waals surface area contributed by atoms with Gasteiger partial charge in [0.15, 0.2) is 0 Å². The van der Waals surface area contributed by atoms with Gasteiger partial charge >= 0.3 is 0 Å². The van der Waals surface area contributed by atoms with Gasteiger partial charge in [0.1, 0.15) is 0 Å². The fourth-order valence-electron chi connectivity index (χ4n) is 4.22. The molecule has 0 saturated carbocycles. The first-order valence-electron chi connectivity index (χ1n) is 9.98. The van der Waals surface area contributed by atoms with Crippen LogP contribution in [-0.4, -0.2) is 9.97 Å². The van der Waals surface area contributed by atoms with Crippen molar-refractivity contribution in [3.8, 4) is 11.3 Å². The predicted molar refractivity (Wildman–Crippen MR) is 120 cm³/mol. The molecule has 2 nitrogen and oxygen atoms in total. The first kappa shape index (κ1) is 18.6. The number of pyridine rings is 2. The van der Waals surface area contributed by atoms with Gasteiger partial charge in [-0.15, -0.1) is 0 Å². The molecule has 0 aliphatic carbocycles. The van der Waals surface area contributed by atoms with E-state index in [0.717, 1.165) is 23.3 Å². The van der Waals surface area contributed by atoms with E-state index in [4.69, 9.17) is 9.97 Å². The standard InChI is InChI=1S/C26H28N2/c1-16-11-17(2)13-19(12-16)24-22-8-7-21-20(15-26(4,5)6)14-18(3)28-25(21)23(22)9-10-27-24/h7-14H,15H2,1-6H3. The van der Waals surface area contributed by atoms with Crippen LogP contribution in [0.15, 0.2) is 48.7 Å². The van der Waals surface area contributed by atoms with Crippen molar-refractivity contribution in [1.82, 2.24) is 9.97 Å². The maximum Gasteiger partial charge on any atom is 0.0787 e. The molecule has 0 saturated heterocycles. The number of fused-ring (bicyclic) bond motifs is 3. The normalized spacial score (nSPS) is 12.1. The van der Waals surface area contributed by atoms with Crippen molar-refractivity contribution in [3.63, 3.8) is 0 Å². The van der Waals surface area contributed by atoms with E-state index < -0.39 is 0 Å². The number of benzene rings is 2. The molecular formula is C26H28N2. The highest BCUT2D eigenvalue weighted by Crippen LogP contribution is 2.34. The molecule has 28 heavy (non-hydrogen) atoms. The Morgan fingerprint density at radius 3 is 2.14 bits per heavy atom. The topological polar surface area (TPSA) is 25.8 Å². The first-order valence-corrected chi connectivity index (χ1v) is 9.98. The van der Waals surface area contributed by atoms with Crippen LogP contribution in [0, 0.1) is 26.2 Å². The van der Waals surface area contributed by atoms with Gasteiger partial charge in [-0.25, -0.2) is 0 Å². The number of hydrogen-bond donors (Lipinski definition) is 0. The van der Waals surface area contributed by atoms with Crippen LogP contribution in [0.4, 0.5) is 0 Å². The Labute approximate surface area is 167 Å². The Morgan fingerprint density at radius 1 is 0.786 bits per heavy atom. The van der Waals surface area contributed by atoms with Crippen molar-refractivity contribution in [2.45, 2.75) is 48.0 Å². The fourth-order valence-corrected chi connectivity index (χ4v) is 4.22. The van der Waals surface area contributed by atoms with Crippen molar-refractivity contribution < 1.29 is 0 Å². The molecule has 2 heterocycles. The molecule has 0 unspecified atom stereocenters. The van der Waals surface area contributed by atoms with Crippen LogP contribution >= 0.6 is 0 Å². The lowest BCUT2D eigenvalue weighted by atomic mass is 9.86. The van der Waals surface area contributed by atoms with E-state index in [9.17, 15) is 0 Å². The van der Waals surface area contributed by atoms with Crippen molar-refractivity contribution in [3.05, 3.63) is 71.0 Å². The molecule has 0 bridgehead atoms. The Hall–Kier alpha value is -2.74.